The number of phenolic OH excluding ortho intramolecular Hbond substituents is 1. The van der Waals surface area contributed by atoms with E-state index in [0.29, 0.717) is 17.0 Å². The van der Waals surface area contributed by atoms with Gasteiger partial charge in [0.2, 0.25) is 0 Å². The second kappa shape index (κ2) is 11.9. The van der Waals surface area contributed by atoms with Gasteiger partial charge in [0.1, 0.15) is 5.75 Å². The normalized spacial score (nSPS) is 11.5. The lowest BCUT2D eigenvalue weighted by atomic mass is 10.1. The van der Waals surface area contributed by atoms with E-state index in [1.165, 1.54) is 0 Å². The molecule has 4 N–H and O–H groups in total. The van der Waals surface area contributed by atoms with E-state index >= 15 is 0 Å². The van der Waals surface area contributed by atoms with Crippen molar-refractivity contribution in [2.75, 3.05) is 5.73 Å². The number of phenols is 1. The first kappa shape index (κ1) is 23.4. The van der Waals surface area contributed by atoms with Crippen molar-refractivity contribution in [2.45, 2.75) is 43.4 Å². The number of benzene rings is 3. The number of anilines is 1. The Balaban J connectivity index is 0.000000230. The third kappa shape index (κ3) is 7.50. The highest BCUT2D eigenvalue weighted by atomic mass is 32.2. The van der Waals surface area contributed by atoms with E-state index in [1.54, 1.807) is 30.3 Å². The van der Waals surface area contributed by atoms with Gasteiger partial charge in [0.15, 0.2) is 0 Å². The van der Waals surface area contributed by atoms with Gasteiger partial charge in [-0.1, -0.05) is 49.2 Å². The van der Waals surface area contributed by atoms with Crippen LogP contribution in [0.15, 0.2) is 65.6 Å². The van der Waals surface area contributed by atoms with Crippen LogP contribution in [0.2, 0.25) is 0 Å². The first-order valence-electron chi connectivity index (χ1n) is 9.74. The molecule has 0 heterocycles. The number of nitrogens with two attached hydrogens (primary N) is 1. The number of rotatable bonds is 8. The van der Waals surface area contributed by atoms with Crippen LogP contribution < -0.4 is 5.73 Å². The van der Waals surface area contributed by atoms with E-state index < -0.39 is 17.0 Å². The zero-order chi connectivity index (χ0) is 21.9. The van der Waals surface area contributed by atoms with Gasteiger partial charge in [0.25, 0.3) is 0 Å². The molecule has 0 saturated heterocycles. The molecule has 3 aromatic rings. The molecule has 30 heavy (non-hydrogen) atoms. The zero-order valence-corrected chi connectivity index (χ0v) is 17.4. The lowest BCUT2D eigenvalue weighted by molar-refractivity contribution is -0.137. The molecule has 0 aliphatic carbocycles. The highest BCUT2D eigenvalue weighted by Crippen LogP contribution is 2.27. The number of hydrogen-bond donors (Lipinski definition) is 3. The van der Waals surface area contributed by atoms with Gasteiger partial charge in [0.05, 0.1) is 0 Å². The monoisotopic (exact) mass is 428 g/mol. The van der Waals surface area contributed by atoms with E-state index in [4.69, 9.17) is 10.8 Å². The molecular formula is C23H26NO5S-. The fourth-order valence-electron chi connectivity index (χ4n) is 3.08. The number of nitrogen functional groups attached to an aromatic ring is 1. The van der Waals surface area contributed by atoms with Gasteiger partial charge >= 0.3 is 5.97 Å². The summed E-state index contributed by atoms with van der Waals surface area (Å²) in [6, 6.07) is 17.7. The molecule has 0 aliphatic rings. The first-order chi connectivity index (χ1) is 14.4. The predicted octanol–water partition coefficient (Wildman–Crippen LogP) is 4.63. The summed E-state index contributed by atoms with van der Waals surface area (Å²) in [4.78, 5) is 10.6. The minimum Gasteiger partial charge on any atom is -0.768 e. The molecule has 0 aromatic heterocycles. The van der Waals surface area contributed by atoms with E-state index in [9.17, 15) is 18.7 Å². The Morgan fingerprint density at radius 1 is 0.933 bits per heavy atom. The van der Waals surface area contributed by atoms with Crippen LogP contribution in [-0.2, 0) is 22.3 Å². The molecular weight excluding hydrogens is 402 g/mol. The van der Waals surface area contributed by atoms with Crippen LogP contribution in [0.5, 0.6) is 5.75 Å². The third-order valence-electron chi connectivity index (χ3n) is 4.63. The summed E-state index contributed by atoms with van der Waals surface area (Å²) >= 11 is -2.17. The molecule has 0 spiro atoms. The quantitative estimate of drug-likeness (QED) is 0.273. The minimum absolute atomic E-state index is 0.227. The van der Waals surface area contributed by atoms with Gasteiger partial charge in [0, 0.05) is 27.8 Å². The molecule has 7 heteroatoms. The van der Waals surface area contributed by atoms with Crippen LogP contribution in [0.25, 0.3) is 10.8 Å². The lowest BCUT2D eigenvalue weighted by Crippen LogP contribution is -1.94. The Morgan fingerprint density at radius 2 is 1.60 bits per heavy atom. The van der Waals surface area contributed by atoms with Crippen molar-refractivity contribution in [1.82, 2.24) is 0 Å². The number of unbranched alkanes of at least 4 members (excludes halogenated alkanes) is 3. The third-order valence-corrected chi connectivity index (χ3v) is 5.27. The summed E-state index contributed by atoms with van der Waals surface area (Å²) in [6.07, 6.45) is 4.59. The summed E-state index contributed by atoms with van der Waals surface area (Å²) in [6.45, 7) is 0. The topological polar surface area (TPSA) is 124 Å². The molecule has 1 atom stereocenters. The van der Waals surface area contributed by atoms with Crippen LogP contribution in [0, 0.1) is 0 Å². The summed E-state index contributed by atoms with van der Waals surface area (Å²) in [5.41, 5.74) is 7.42. The largest absolute Gasteiger partial charge is 0.768 e. The number of fused-ring (bicyclic) bond motifs is 1. The number of aliphatic carboxylic acids is 1. The van der Waals surface area contributed by atoms with Crippen molar-refractivity contribution < 1.29 is 23.8 Å². The second-order valence-electron chi connectivity index (χ2n) is 6.91. The van der Waals surface area contributed by atoms with Crippen molar-refractivity contribution in [3.05, 3.63) is 66.2 Å². The van der Waals surface area contributed by atoms with E-state index in [0.717, 1.165) is 42.0 Å². The van der Waals surface area contributed by atoms with Gasteiger partial charge in [-0.3, -0.25) is 9.00 Å². The first-order valence-corrected chi connectivity index (χ1v) is 10.8. The number of carboxylic acid groups (broad SMARTS) is 1. The highest BCUT2D eigenvalue weighted by molar-refractivity contribution is 7.79. The summed E-state index contributed by atoms with van der Waals surface area (Å²) < 4.78 is 21.6. The highest BCUT2D eigenvalue weighted by Gasteiger charge is 2.00. The maximum Gasteiger partial charge on any atom is 0.303 e. The molecule has 3 aromatic carbocycles. The van der Waals surface area contributed by atoms with Crippen molar-refractivity contribution in [3.8, 4) is 5.75 Å². The molecule has 0 saturated carbocycles. The second-order valence-corrected chi connectivity index (χ2v) is 7.85. The van der Waals surface area contributed by atoms with Gasteiger partial charge < -0.3 is 20.5 Å². The zero-order valence-electron chi connectivity index (χ0n) is 16.6. The van der Waals surface area contributed by atoms with Gasteiger partial charge in [-0.2, -0.15) is 0 Å². The average molecular weight is 429 g/mol. The van der Waals surface area contributed by atoms with Crippen LogP contribution in [0.1, 0.15) is 37.7 Å². The molecule has 0 bridgehead atoms. The molecule has 0 amide bonds. The summed E-state index contributed by atoms with van der Waals surface area (Å²) in [7, 11) is 0. The van der Waals surface area contributed by atoms with E-state index in [1.807, 2.05) is 30.3 Å². The fraction of sp³-hybridized carbons (Fsp3) is 0.261. The van der Waals surface area contributed by atoms with Crippen LogP contribution in [0.3, 0.4) is 0 Å². The van der Waals surface area contributed by atoms with Crippen molar-refractivity contribution in [3.63, 3.8) is 0 Å². The maximum absolute atomic E-state index is 10.8. The minimum atomic E-state index is -2.17. The standard InChI is InChI=1S/C13H18O4S.C10H9NO/c14-13(15)9-4-2-1-3-6-11-7-5-8-12(10-11)18(16)17;11-9-5-1-4-8-7(9)3-2-6-10(8)12/h5,7-8,10H,1-4,6,9H2,(H,14,15)(H,16,17);1-6,12H,11H2/p-1. The molecule has 0 radical (unpaired) electrons. The van der Waals surface area contributed by atoms with Crippen LogP contribution in [-0.4, -0.2) is 24.9 Å². The smallest absolute Gasteiger partial charge is 0.303 e. The lowest BCUT2D eigenvalue weighted by Gasteiger charge is -2.07. The Kier molecular flexibility index (Phi) is 9.31. The van der Waals surface area contributed by atoms with Gasteiger partial charge in [-0.15, -0.1) is 0 Å². The molecule has 1 unspecified atom stereocenters. The number of carbonyl (C=O) groups is 1. The maximum atomic E-state index is 10.8. The number of hydrogen-bond acceptors (Lipinski definition) is 5. The van der Waals surface area contributed by atoms with Crippen LogP contribution >= 0.6 is 0 Å². The molecule has 6 nitrogen and oxygen atoms in total. The SMILES string of the molecule is Nc1cccc2c(O)cccc12.O=C(O)CCCCCCc1cccc(S(=O)[O-])c1. The van der Waals surface area contributed by atoms with Crippen molar-refractivity contribution in [2.24, 2.45) is 0 Å². The summed E-state index contributed by atoms with van der Waals surface area (Å²) in [5, 5.41) is 19.6. The fourth-order valence-corrected chi connectivity index (χ4v) is 3.52. The number of aromatic hydroxyl groups is 1. The number of aryl methyl sites for hydroxylation is 1. The molecule has 0 aliphatic heterocycles. The van der Waals surface area contributed by atoms with E-state index in [-0.39, 0.29) is 12.2 Å². The van der Waals surface area contributed by atoms with Gasteiger partial charge in [-0.05, 0) is 60.2 Å². The Hall–Kier alpha value is -2.90. The Morgan fingerprint density at radius 3 is 2.30 bits per heavy atom. The molecule has 0 fully saturated rings. The summed E-state index contributed by atoms with van der Waals surface area (Å²) in [5.74, 6) is -0.472. The number of carboxylic acids is 1. The molecule has 3 rings (SSSR count). The Bertz CT molecular complexity index is 965. The Labute approximate surface area is 178 Å². The van der Waals surface area contributed by atoms with E-state index in [2.05, 4.69) is 0 Å². The average Bonchev–Trinajstić information content (AvgIpc) is 2.72. The predicted molar refractivity (Wildman–Crippen MR) is 118 cm³/mol. The van der Waals surface area contributed by atoms with Crippen LogP contribution in [0.4, 0.5) is 5.69 Å². The van der Waals surface area contributed by atoms with Crippen molar-refractivity contribution >= 4 is 33.5 Å². The molecule has 160 valence electrons. The van der Waals surface area contributed by atoms with Gasteiger partial charge in [-0.25, -0.2) is 0 Å². The van der Waals surface area contributed by atoms with Crippen molar-refractivity contribution in [1.29, 1.82) is 0 Å².